The van der Waals surface area contributed by atoms with E-state index in [1.165, 1.54) is 6.08 Å². The van der Waals surface area contributed by atoms with E-state index in [2.05, 4.69) is 13.0 Å². The Kier molecular flexibility index (Phi) is 6.50. The third-order valence-corrected chi connectivity index (χ3v) is 2.38. The Bertz CT molecular complexity index is 256. The van der Waals surface area contributed by atoms with Crippen molar-refractivity contribution in [2.75, 3.05) is 6.61 Å². The van der Waals surface area contributed by atoms with E-state index in [-0.39, 0.29) is 11.9 Å². The minimum Gasteiger partial charge on any atom is -0.463 e. The van der Waals surface area contributed by atoms with Crippen LogP contribution in [0.2, 0.25) is 0 Å². The number of carbonyl (C=O) groups excluding carboxylic acids is 1. The van der Waals surface area contributed by atoms with Gasteiger partial charge in [-0.15, -0.1) is 0 Å². The van der Waals surface area contributed by atoms with Crippen molar-refractivity contribution in [1.82, 2.24) is 0 Å². The van der Waals surface area contributed by atoms with Gasteiger partial charge in [-0.1, -0.05) is 26.0 Å². The molecule has 0 spiro atoms. The maximum atomic E-state index is 11.1. The number of ether oxygens (including phenoxy) is 1. The molecule has 0 aliphatic carbocycles. The van der Waals surface area contributed by atoms with E-state index >= 15 is 0 Å². The van der Waals surface area contributed by atoms with Crippen molar-refractivity contribution < 1.29 is 9.53 Å². The first kappa shape index (κ1) is 13.8. The monoisotopic (exact) mass is 211 g/mol. The van der Waals surface area contributed by atoms with Crippen molar-refractivity contribution in [3.63, 3.8) is 0 Å². The first-order valence-corrected chi connectivity index (χ1v) is 5.29. The number of esters is 1. The van der Waals surface area contributed by atoms with Crippen molar-refractivity contribution in [3.05, 3.63) is 23.9 Å². The first-order valence-electron chi connectivity index (χ1n) is 5.29. The SMILES string of the molecule is CC=C[C@@H](C)[C@@H](C)C(N)=CC(=O)OCC. The van der Waals surface area contributed by atoms with Crippen LogP contribution in [0, 0.1) is 11.8 Å². The highest BCUT2D eigenvalue weighted by molar-refractivity contribution is 5.82. The highest BCUT2D eigenvalue weighted by Gasteiger charge is 2.13. The minimum atomic E-state index is -0.366. The van der Waals surface area contributed by atoms with Crippen molar-refractivity contribution in [2.45, 2.75) is 27.7 Å². The number of carbonyl (C=O) groups is 1. The second-order valence-corrected chi connectivity index (χ2v) is 3.57. The molecule has 0 unspecified atom stereocenters. The van der Waals surface area contributed by atoms with Crippen LogP contribution in [-0.2, 0) is 9.53 Å². The fraction of sp³-hybridized carbons (Fsp3) is 0.583. The topological polar surface area (TPSA) is 52.3 Å². The van der Waals surface area contributed by atoms with Gasteiger partial charge in [-0.05, 0) is 19.8 Å². The van der Waals surface area contributed by atoms with Gasteiger partial charge in [0.15, 0.2) is 0 Å². The standard InChI is InChI=1S/C12H21NO2/c1-5-7-9(3)10(4)11(13)8-12(14)15-6-2/h5,7-10H,6,13H2,1-4H3/t9-,10-/m1/s1. The molecular formula is C12H21NO2. The van der Waals surface area contributed by atoms with E-state index in [1.807, 2.05) is 19.9 Å². The lowest BCUT2D eigenvalue weighted by Gasteiger charge is -2.16. The zero-order chi connectivity index (χ0) is 11.8. The summed E-state index contributed by atoms with van der Waals surface area (Å²) in [5, 5.41) is 0. The third kappa shape index (κ3) is 5.25. The first-order chi connectivity index (χ1) is 7.02. The Morgan fingerprint density at radius 2 is 2.07 bits per heavy atom. The number of nitrogens with two attached hydrogens (primary N) is 1. The third-order valence-electron chi connectivity index (χ3n) is 2.38. The summed E-state index contributed by atoms with van der Waals surface area (Å²) in [6, 6.07) is 0. The van der Waals surface area contributed by atoms with Crippen LogP contribution in [0.4, 0.5) is 0 Å². The van der Waals surface area contributed by atoms with Crippen LogP contribution >= 0.6 is 0 Å². The Morgan fingerprint density at radius 1 is 1.47 bits per heavy atom. The summed E-state index contributed by atoms with van der Waals surface area (Å²) in [6.45, 7) is 8.18. The molecule has 0 saturated carbocycles. The van der Waals surface area contributed by atoms with Crippen molar-refractivity contribution in [1.29, 1.82) is 0 Å². The zero-order valence-corrected chi connectivity index (χ0v) is 9.99. The van der Waals surface area contributed by atoms with E-state index in [0.717, 1.165) is 0 Å². The van der Waals surface area contributed by atoms with Gasteiger partial charge < -0.3 is 10.5 Å². The molecule has 3 heteroatoms. The smallest absolute Gasteiger partial charge is 0.332 e. The lowest BCUT2D eigenvalue weighted by molar-refractivity contribution is -0.137. The maximum absolute atomic E-state index is 11.1. The number of hydrogen-bond acceptors (Lipinski definition) is 3. The van der Waals surface area contributed by atoms with Gasteiger partial charge in [0, 0.05) is 17.7 Å². The average molecular weight is 211 g/mol. The summed E-state index contributed by atoms with van der Waals surface area (Å²) in [6.07, 6.45) is 5.42. The van der Waals surface area contributed by atoms with Crippen LogP contribution in [0.5, 0.6) is 0 Å². The average Bonchev–Trinajstić information content (AvgIpc) is 2.17. The van der Waals surface area contributed by atoms with E-state index in [0.29, 0.717) is 18.2 Å². The molecule has 0 fully saturated rings. The molecule has 0 aliphatic rings. The Morgan fingerprint density at radius 3 is 2.53 bits per heavy atom. The summed E-state index contributed by atoms with van der Waals surface area (Å²) < 4.78 is 4.79. The maximum Gasteiger partial charge on any atom is 0.332 e. The van der Waals surface area contributed by atoms with Crippen LogP contribution in [-0.4, -0.2) is 12.6 Å². The molecule has 2 N–H and O–H groups in total. The molecule has 15 heavy (non-hydrogen) atoms. The number of rotatable bonds is 5. The quantitative estimate of drug-likeness (QED) is 0.431. The molecule has 2 atom stereocenters. The van der Waals surface area contributed by atoms with Gasteiger partial charge >= 0.3 is 5.97 Å². The van der Waals surface area contributed by atoms with Crippen molar-refractivity contribution in [3.8, 4) is 0 Å². The minimum absolute atomic E-state index is 0.144. The van der Waals surface area contributed by atoms with E-state index < -0.39 is 0 Å². The second-order valence-electron chi connectivity index (χ2n) is 3.57. The number of allylic oxidation sites excluding steroid dienone is 3. The van der Waals surface area contributed by atoms with E-state index in [1.54, 1.807) is 6.92 Å². The van der Waals surface area contributed by atoms with Gasteiger partial charge in [0.1, 0.15) is 0 Å². The summed E-state index contributed by atoms with van der Waals surface area (Å²) in [5.41, 5.74) is 6.37. The van der Waals surface area contributed by atoms with Crippen molar-refractivity contribution >= 4 is 5.97 Å². The molecule has 0 aromatic rings. The molecule has 0 radical (unpaired) electrons. The molecule has 0 heterocycles. The Hall–Kier alpha value is -1.25. The molecule has 0 aromatic heterocycles. The zero-order valence-electron chi connectivity index (χ0n) is 9.99. The number of hydrogen-bond donors (Lipinski definition) is 1. The van der Waals surface area contributed by atoms with Gasteiger partial charge in [-0.3, -0.25) is 0 Å². The summed E-state index contributed by atoms with van der Waals surface area (Å²) in [7, 11) is 0. The summed E-state index contributed by atoms with van der Waals surface area (Å²) in [5.74, 6) is 0.0980. The van der Waals surface area contributed by atoms with Crippen LogP contribution in [0.15, 0.2) is 23.9 Å². The predicted molar refractivity (Wildman–Crippen MR) is 62.0 cm³/mol. The van der Waals surface area contributed by atoms with Crippen molar-refractivity contribution in [2.24, 2.45) is 17.6 Å². The van der Waals surface area contributed by atoms with E-state index in [4.69, 9.17) is 10.5 Å². The van der Waals surface area contributed by atoms with Crippen LogP contribution in [0.1, 0.15) is 27.7 Å². The normalized spacial score (nSPS) is 16.4. The van der Waals surface area contributed by atoms with Gasteiger partial charge in [0.2, 0.25) is 0 Å². The van der Waals surface area contributed by atoms with Crippen LogP contribution < -0.4 is 5.73 Å². The lowest BCUT2D eigenvalue weighted by Crippen LogP contribution is -2.17. The summed E-state index contributed by atoms with van der Waals surface area (Å²) >= 11 is 0. The molecule has 0 aliphatic heterocycles. The van der Waals surface area contributed by atoms with E-state index in [9.17, 15) is 4.79 Å². The Labute approximate surface area is 92.0 Å². The highest BCUT2D eigenvalue weighted by atomic mass is 16.5. The van der Waals surface area contributed by atoms with Gasteiger partial charge in [0.05, 0.1) is 6.61 Å². The molecule has 0 saturated heterocycles. The molecule has 0 aromatic carbocycles. The molecular weight excluding hydrogens is 190 g/mol. The second kappa shape index (κ2) is 7.10. The van der Waals surface area contributed by atoms with Gasteiger partial charge in [0.25, 0.3) is 0 Å². The van der Waals surface area contributed by atoms with Crippen LogP contribution in [0.25, 0.3) is 0 Å². The van der Waals surface area contributed by atoms with Gasteiger partial charge in [-0.2, -0.15) is 0 Å². The summed E-state index contributed by atoms with van der Waals surface area (Å²) in [4.78, 5) is 11.1. The fourth-order valence-corrected chi connectivity index (χ4v) is 1.23. The molecule has 0 rings (SSSR count). The van der Waals surface area contributed by atoms with Gasteiger partial charge in [-0.25, -0.2) is 4.79 Å². The molecule has 3 nitrogen and oxygen atoms in total. The fourth-order valence-electron chi connectivity index (χ4n) is 1.23. The predicted octanol–water partition coefficient (Wildman–Crippen LogP) is 2.24. The lowest BCUT2D eigenvalue weighted by atomic mass is 9.92. The molecule has 0 bridgehead atoms. The molecule has 86 valence electrons. The highest BCUT2D eigenvalue weighted by Crippen LogP contribution is 2.17. The molecule has 0 amide bonds. The van der Waals surface area contributed by atoms with Crippen LogP contribution in [0.3, 0.4) is 0 Å². The largest absolute Gasteiger partial charge is 0.463 e. The Balaban J connectivity index is 4.41.